The Labute approximate surface area is 209 Å². The summed E-state index contributed by atoms with van der Waals surface area (Å²) in [5.74, 6) is 0.696. The largest absolute Gasteiger partial charge is 0.466 e. The average Bonchev–Trinajstić information content (AvgIpc) is 3.46. The van der Waals surface area contributed by atoms with Gasteiger partial charge in [-0.15, -0.1) is 0 Å². The van der Waals surface area contributed by atoms with Crippen molar-refractivity contribution in [2.24, 2.45) is 5.92 Å². The van der Waals surface area contributed by atoms with Gasteiger partial charge in [-0.1, -0.05) is 55.0 Å². The molecule has 178 valence electrons. The average molecular weight is 496 g/mol. The van der Waals surface area contributed by atoms with Gasteiger partial charge >= 0.3 is 5.97 Å². The molecule has 1 aromatic heterocycles. The highest BCUT2D eigenvalue weighted by Gasteiger charge is 2.38. The second-order valence-electron chi connectivity index (χ2n) is 9.10. The van der Waals surface area contributed by atoms with Crippen LogP contribution in [-0.4, -0.2) is 51.8 Å². The van der Waals surface area contributed by atoms with Crippen molar-refractivity contribution in [1.29, 1.82) is 0 Å². The zero-order valence-corrected chi connectivity index (χ0v) is 21.0. The minimum absolute atomic E-state index is 0.0158. The Kier molecular flexibility index (Phi) is 6.88. The molecule has 0 N–H and O–H groups in total. The summed E-state index contributed by atoms with van der Waals surface area (Å²) >= 11 is 6.99. The summed E-state index contributed by atoms with van der Waals surface area (Å²) in [5, 5.41) is 1.03. The lowest BCUT2D eigenvalue weighted by molar-refractivity contribution is -0.148. The van der Waals surface area contributed by atoms with Crippen molar-refractivity contribution >= 4 is 63.0 Å². The number of hydrogen-bond acceptors (Lipinski definition) is 7. The number of esters is 1. The summed E-state index contributed by atoms with van der Waals surface area (Å²) < 4.78 is 5.89. The summed E-state index contributed by atoms with van der Waals surface area (Å²) in [6, 6.07) is 10.4. The lowest BCUT2D eigenvalue weighted by Crippen LogP contribution is -2.38. The van der Waals surface area contributed by atoms with E-state index in [0.29, 0.717) is 15.8 Å². The number of piperidine rings is 1. The Hall–Kier alpha value is -2.45. The van der Waals surface area contributed by atoms with Crippen molar-refractivity contribution in [3.63, 3.8) is 0 Å². The van der Waals surface area contributed by atoms with E-state index >= 15 is 0 Å². The van der Waals surface area contributed by atoms with E-state index in [1.807, 2.05) is 42.2 Å². The van der Waals surface area contributed by atoms with Crippen LogP contribution in [0.15, 0.2) is 35.2 Å². The van der Waals surface area contributed by atoms with Crippen molar-refractivity contribution in [2.75, 3.05) is 24.6 Å². The van der Waals surface area contributed by atoms with Gasteiger partial charge in [0, 0.05) is 30.1 Å². The highest BCUT2D eigenvalue weighted by atomic mass is 32.2. The number of carbonyl (C=O) groups excluding carboxylic acids is 2. The van der Waals surface area contributed by atoms with Crippen molar-refractivity contribution in [3.05, 3.63) is 40.8 Å². The van der Waals surface area contributed by atoms with Gasteiger partial charge in [-0.25, -0.2) is 4.98 Å². The highest BCUT2D eigenvalue weighted by molar-refractivity contribution is 8.26. The third-order valence-corrected chi connectivity index (χ3v) is 8.28. The smallest absolute Gasteiger partial charge is 0.309 e. The van der Waals surface area contributed by atoms with Gasteiger partial charge in [0.15, 0.2) is 0 Å². The normalized spacial score (nSPS) is 21.3. The molecule has 0 atom stereocenters. The molecule has 0 bridgehead atoms. The lowest BCUT2D eigenvalue weighted by Gasteiger charge is -2.32. The lowest BCUT2D eigenvalue weighted by atomic mass is 9.96. The Morgan fingerprint density at radius 1 is 1.21 bits per heavy atom. The molecule has 5 rings (SSSR count). The molecule has 6 nitrogen and oxygen atoms in total. The molecule has 2 aliphatic heterocycles. The van der Waals surface area contributed by atoms with E-state index in [1.165, 1.54) is 11.8 Å². The predicted molar refractivity (Wildman–Crippen MR) is 141 cm³/mol. The fraction of sp³-hybridized carbons (Fsp3) is 0.462. The molecule has 3 fully saturated rings. The predicted octanol–water partition coefficient (Wildman–Crippen LogP) is 5.16. The van der Waals surface area contributed by atoms with Gasteiger partial charge in [-0.3, -0.25) is 14.5 Å². The zero-order valence-electron chi connectivity index (χ0n) is 19.4. The Morgan fingerprint density at radius 2 is 1.94 bits per heavy atom. The van der Waals surface area contributed by atoms with Crippen molar-refractivity contribution in [1.82, 2.24) is 9.88 Å². The number of ether oxygens (including phenoxy) is 1. The van der Waals surface area contributed by atoms with Crippen LogP contribution in [0.3, 0.4) is 0 Å². The van der Waals surface area contributed by atoms with Crippen LogP contribution in [0, 0.1) is 5.92 Å². The number of amides is 1. The molecule has 1 aromatic carbocycles. The van der Waals surface area contributed by atoms with E-state index in [9.17, 15) is 9.59 Å². The summed E-state index contributed by atoms with van der Waals surface area (Å²) in [6.45, 7) is 3.69. The molecule has 8 heteroatoms. The zero-order chi connectivity index (χ0) is 23.7. The second kappa shape index (κ2) is 10.0. The van der Waals surface area contributed by atoms with E-state index in [2.05, 4.69) is 11.0 Å². The van der Waals surface area contributed by atoms with Crippen LogP contribution in [0.5, 0.6) is 0 Å². The van der Waals surface area contributed by atoms with E-state index in [-0.39, 0.29) is 23.8 Å². The van der Waals surface area contributed by atoms with Crippen LogP contribution in [0.2, 0.25) is 0 Å². The van der Waals surface area contributed by atoms with Gasteiger partial charge in [0.05, 0.1) is 22.9 Å². The standard InChI is InChI=1S/C26H29N3O3S2/c1-2-32-25(31)17-11-13-28(14-12-17)23-19(15-18-7-3-6-10-21(18)27-23)16-22-24(30)29(26(33)34-22)20-8-4-5-9-20/h3,6-7,10,15-17,20H,2,4-5,8-9,11-14H2,1H3/b22-16-. The summed E-state index contributed by atoms with van der Waals surface area (Å²) in [4.78, 5) is 35.2. The van der Waals surface area contributed by atoms with Gasteiger partial charge in [-0.05, 0) is 50.8 Å². The minimum atomic E-state index is -0.107. The molecule has 0 unspecified atom stereocenters. The maximum Gasteiger partial charge on any atom is 0.309 e. The van der Waals surface area contributed by atoms with Crippen LogP contribution in [-0.2, 0) is 14.3 Å². The second-order valence-corrected chi connectivity index (χ2v) is 10.8. The van der Waals surface area contributed by atoms with Crippen LogP contribution in [0.25, 0.3) is 17.0 Å². The third-order valence-electron chi connectivity index (χ3n) is 6.95. The first-order chi connectivity index (χ1) is 16.5. The number of carbonyl (C=O) groups is 2. The summed E-state index contributed by atoms with van der Waals surface area (Å²) in [7, 11) is 0. The molecule has 1 saturated carbocycles. The van der Waals surface area contributed by atoms with Crippen molar-refractivity contribution < 1.29 is 14.3 Å². The number of para-hydroxylation sites is 1. The number of thiocarbonyl (C=S) groups is 1. The number of aromatic nitrogens is 1. The summed E-state index contributed by atoms with van der Waals surface area (Å²) in [5.41, 5.74) is 1.83. The first-order valence-electron chi connectivity index (χ1n) is 12.1. The molecule has 1 aliphatic carbocycles. The van der Waals surface area contributed by atoms with Gasteiger partial charge in [0.2, 0.25) is 0 Å². The van der Waals surface area contributed by atoms with E-state index in [4.69, 9.17) is 21.9 Å². The molecule has 1 amide bonds. The monoisotopic (exact) mass is 495 g/mol. The number of thioether (sulfide) groups is 1. The van der Waals surface area contributed by atoms with E-state index in [0.717, 1.165) is 73.9 Å². The van der Waals surface area contributed by atoms with Crippen LogP contribution in [0.1, 0.15) is 51.0 Å². The van der Waals surface area contributed by atoms with Crippen molar-refractivity contribution in [3.8, 4) is 0 Å². The van der Waals surface area contributed by atoms with E-state index in [1.54, 1.807) is 0 Å². The van der Waals surface area contributed by atoms with Crippen LogP contribution in [0.4, 0.5) is 5.82 Å². The number of nitrogens with zero attached hydrogens (tertiary/aromatic N) is 3. The maximum atomic E-state index is 13.3. The maximum absolute atomic E-state index is 13.3. The molecule has 0 radical (unpaired) electrons. The van der Waals surface area contributed by atoms with E-state index < -0.39 is 0 Å². The fourth-order valence-electron chi connectivity index (χ4n) is 5.17. The van der Waals surface area contributed by atoms with Crippen LogP contribution < -0.4 is 4.90 Å². The summed E-state index contributed by atoms with van der Waals surface area (Å²) in [6.07, 6.45) is 7.78. The first-order valence-corrected chi connectivity index (χ1v) is 13.4. The quantitative estimate of drug-likeness (QED) is 0.323. The molecule has 3 aliphatic rings. The molecule has 0 spiro atoms. The Morgan fingerprint density at radius 3 is 2.68 bits per heavy atom. The Bertz CT molecular complexity index is 1150. The van der Waals surface area contributed by atoms with Gasteiger partial charge in [0.25, 0.3) is 5.91 Å². The topological polar surface area (TPSA) is 62.7 Å². The number of hydrogen-bond donors (Lipinski definition) is 0. The number of fused-ring (bicyclic) bond motifs is 1. The molecular weight excluding hydrogens is 466 g/mol. The van der Waals surface area contributed by atoms with Gasteiger partial charge < -0.3 is 9.64 Å². The number of anilines is 1. The third kappa shape index (κ3) is 4.58. The highest BCUT2D eigenvalue weighted by Crippen LogP contribution is 2.39. The minimum Gasteiger partial charge on any atom is -0.466 e. The number of rotatable bonds is 5. The van der Waals surface area contributed by atoms with Crippen LogP contribution >= 0.6 is 24.0 Å². The SMILES string of the molecule is CCOC(=O)C1CCN(c2nc3ccccc3cc2/C=C2\SC(=S)N(C3CCCC3)C2=O)CC1. The number of benzene rings is 1. The van der Waals surface area contributed by atoms with Crippen molar-refractivity contribution in [2.45, 2.75) is 51.5 Å². The van der Waals surface area contributed by atoms with Gasteiger partial charge in [-0.2, -0.15) is 0 Å². The first kappa shape index (κ1) is 23.3. The number of pyridine rings is 1. The molecule has 2 aromatic rings. The molecule has 34 heavy (non-hydrogen) atoms. The van der Waals surface area contributed by atoms with Gasteiger partial charge in [0.1, 0.15) is 10.1 Å². The fourth-order valence-corrected chi connectivity index (χ4v) is 6.56. The molecule has 2 saturated heterocycles. The molecular formula is C26H29N3O3S2. The molecule has 3 heterocycles. The Balaban J connectivity index is 1.45.